The van der Waals surface area contributed by atoms with Crippen molar-refractivity contribution in [1.82, 2.24) is 20.2 Å². The van der Waals surface area contributed by atoms with E-state index in [9.17, 15) is 9.59 Å². The Labute approximate surface area is 197 Å². The first-order valence-electron chi connectivity index (χ1n) is 10.8. The molecule has 0 aliphatic heterocycles. The van der Waals surface area contributed by atoms with Gasteiger partial charge in [-0.05, 0) is 36.8 Å². The number of aromatic nitrogens is 2. The van der Waals surface area contributed by atoms with E-state index in [4.69, 9.17) is 16.6 Å². The number of benzene rings is 3. The average Bonchev–Trinajstić information content (AvgIpc) is 3.17. The largest absolute Gasteiger partial charge is 0.352 e. The molecule has 0 spiro atoms. The molecule has 2 amide bonds. The number of carbonyl (C=O) groups excluding carboxylic acids is 2. The van der Waals surface area contributed by atoms with Gasteiger partial charge in [0.25, 0.3) is 5.91 Å². The number of carbonyl (C=O) groups is 2. The summed E-state index contributed by atoms with van der Waals surface area (Å²) in [6, 6.07) is 24.4. The van der Waals surface area contributed by atoms with Crippen molar-refractivity contribution >= 4 is 34.4 Å². The molecule has 7 heteroatoms. The molecule has 0 radical (unpaired) electrons. The topological polar surface area (TPSA) is 76.0 Å². The van der Waals surface area contributed by atoms with Gasteiger partial charge >= 0.3 is 0 Å². The van der Waals surface area contributed by atoms with Crippen molar-refractivity contribution in [3.05, 3.63) is 101 Å². The van der Waals surface area contributed by atoms with E-state index < -0.39 is 0 Å². The summed E-state index contributed by atoms with van der Waals surface area (Å²) in [6.45, 7) is 2.48. The Bertz CT molecular complexity index is 1270. The highest BCUT2D eigenvalue weighted by atomic mass is 35.5. The maximum Gasteiger partial charge on any atom is 0.252 e. The number of nitrogens with one attached hydrogen (secondary N) is 2. The Morgan fingerprint density at radius 3 is 2.45 bits per heavy atom. The smallest absolute Gasteiger partial charge is 0.252 e. The quantitative estimate of drug-likeness (QED) is 0.405. The van der Waals surface area contributed by atoms with Crippen molar-refractivity contribution in [1.29, 1.82) is 0 Å². The van der Waals surface area contributed by atoms with Gasteiger partial charge in [0.05, 0.1) is 27.7 Å². The molecule has 0 saturated heterocycles. The number of amides is 2. The third kappa shape index (κ3) is 5.41. The molecule has 2 N–H and O–H groups in total. The summed E-state index contributed by atoms with van der Waals surface area (Å²) in [6.07, 6.45) is 0.479. The number of nitrogens with zero attached hydrogens (tertiary/aromatic N) is 2. The van der Waals surface area contributed by atoms with Crippen LogP contribution in [0.3, 0.4) is 0 Å². The summed E-state index contributed by atoms with van der Waals surface area (Å²) in [5.74, 6) is 0.395. The molecule has 33 heavy (non-hydrogen) atoms. The lowest BCUT2D eigenvalue weighted by Gasteiger charge is -2.16. The minimum Gasteiger partial charge on any atom is -0.352 e. The first-order chi connectivity index (χ1) is 16.0. The zero-order valence-corrected chi connectivity index (χ0v) is 19.0. The van der Waals surface area contributed by atoms with Crippen LogP contribution in [-0.2, 0) is 17.8 Å². The maximum atomic E-state index is 12.9. The number of rotatable bonds is 8. The van der Waals surface area contributed by atoms with Gasteiger partial charge in [-0.25, -0.2) is 4.98 Å². The van der Waals surface area contributed by atoms with Crippen molar-refractivity contribution in [3.8, 4) is 0 Å². The van der Waals surface area contributed by atoms with Gasteiger partial charge in [0.1, 0.15) is 12.4 Å². The molecule has 0 aliphatic carbocycles. The third-order valence-corrected chi connectivity index (χ3v) is 5.79. The Balaban J connectivity index is 1.46. The molecule has 4 aromatic rings. The molecule has 4 rings (SSSR count). The van der Waals surface area contributed by atoms with Crippen molar-refractivity contribution < 1.29 is 9.59 Å². The standard InChI is InChI=1S/C26H25ClN4O2/c1-18(19-9-3-2-4-10-19)29-25(32)17-31-23-14-8-7-13-22(23)30-24(31)15-16-28-26(33)20-11-5-6-12-21(20)27/h2-14,18H,15-17H2,1H3,(H,28,33)(H,29,32). The van der Waals surface area contributed by atoms with Gasteiger partial charge in [0.2, 0.25) is 5.91 Å². The molecule has 1 unspecified atom stereocenters. The zero-order valence-electron chi connectivity index (χ0n) is 18.3. The minimum absolute atomic E-state index is 0.101. The SMILES string of the molecule is CC(NC(=O)Cn1c(CCNC(=O)c2ccccc2Cl)nc2ccccc21)c1ccccc1. The summed E-state index contributed by atoms with van der Waals surface area (Å²) >= 11 is 6.11. The number of hydrogen-bond donors (Lipinski definition) is 2. The molecule has 0 fully saturated rings. The lowest BCUT2D eigenvalue weighted by molar-refractivity contribution is -0.122. The molecular formula is C26H25ClN4O2. The third-order valence-electron chi connectivity index (χ3n) is 5.47. The van der Waals surface area contributed by atoms with Crippen LogP contribution in [0.5, 0.6) is 0 Å². The van der Waals surface area contributed by atoms with Crippen LogP contribution in [-0.4, -0.2) is 27.9 Å². The predicted molar refractivity (Wildman–Crippen MR) is 130 cm³/mol. The molecule has 3 aromatic carbocycles. The van der Waals surface area contributed by atoms with Gasteiger partial charge in [-0.1, -0.05) is 66.2 Å². The van der Waals surface area contributed by atoms with E-state index in [-0.39, 0.29) is 24.4 Å². The molecule has 6 nitrogen and oxygen atoms in total. The first kappa shape index (κ1) is 22.6. The fourth-order valence-electron chi connectivity index (χ4n) is 3.78. The van der Waals surface area contributed by atoms with Gasteiger partial charge < -0.3 is 15.2 Å². The zero-order chi connectivity index (χ0) is 23.2. The molecule has 0 aliphatic rings. The van der Waals surface area contributed by atoms with Gasteiger partial charge in [0, 0.05) is 13.0 Å². The Kier molecular flexibility index (Phi) is 7.05. The van der Waals surface area contributed by atoms with Gasteiger partial charge in [-0.15, -0.1) is 0 Å². The van der Waals surface area contributed by atoms with Crippen LogP contribution in [0.2, 0.25) is 5.02 Å². The monoisotopic (exact) mass is 460 g/mol. The Hall–Kier alpha value is -3.64. The molecule has 0 bridgehead atoms. The Morgan fingerprint density at radius 1 is 0.970 bits per heavy atom. The average molecular weight is 461 g/mol. The number of halogens is 1. The normalized spacial score (nSPS) is 11.8. The molecule has 0 saturated carbocycles. The summed E-state index contributed by atoms with van der Waals surface area (Å²) < 4.78 is 1.91. The molecule has 168 valence electrons. The second kappa shape index (κ2) is 10.3. The lowest BCUT2D eigenvalue weighted by Crippen LogP contribution is -2.31. The maximum absolute atomic E-state index is 12.9. The van der Waals surface area contributed by atoms with Gasteiger partial charge in [-0.2, -0.15) is 0 Å². The summed E-state index contributed by atoms with van der Waals surface area (Å²) in [7, 11) is 0. The van der Waals surface area contributed by atoms with Crippen LogP contribution >= 0.6 is 11.6 Å². The van der Waals surface area contributed by atoms with E-state index in [2.05, 4.69) is 10.6 Å². The van der Waals surface area contributed by atoms with E-state index in [1.807, 2.05) is 66.1 Å². The molecule has 1 atom stereocenters. The van der Waals surface area contributed by atoms with Crippen molar-refractivity contribution in [2.75, 3.05) is 6.54 Å². The van der Waals surface area contributed by atoms with Gasteiger partial charge in [0.15, 0.2) is 0 Å². The van der Waals surface area contributed by atoms with Crippen molar-refractivity contribution in [2.24, 2.45) is 0 Å². The van der Waals surface area contributed by atoms with E-state index in [1.165, 1.54) is 0 Å². The predicted octanol–water partition coefficient (Wildman–Crippen LogP) is 4.54. The van der Waals surface area contributed by atoms with E-state index in [0.717, 1.165) is 22.4 Å². The van der Waals surface area contributed by atoms with Crippen LogP contribution in [0.4, 0.5) is 0 Å². The molecular weight excluding hydrogens is 436 g/mol. The van der Waals surface area contributed by atoms with Crippen molar-refractivity contribution in [2.45, 2.75) is 25.9 Å². The summed E-state index contributed by atoms with van der Waals surface area (Å²) in [5, 5.41) is 6.35. The highest BCUT2D eigenvalue weighted by Gasteiger charge is 2.16. The summed E-state index contributed by atoms with van der Waals surface area (Å²) in [5.41, 5.74) is 3.17. The Morgan fingerprint density at radius 2 is 1.67 bits per heavy atom. The first-order valence-corrected chi connectivity index (χ1v) is 11.2. The van der Waals surface area contributed by atoms with E-state index in [1.54, 1.807) is 24.3 Å². The van der Waals surface area contributed by atoms with Crippen LogP contribution < -0.4 is 10.6 Å². The van der Waals surface area contributed by atoms with Crippen molar-refractivity contribution in [3.63, 3.8) is 0 Å². The van der Waals surface area contributed by atoms with E-state index >= 15 is 0 Å². The fraction of sp³-hybridized carbons (Fsp3) is 0.192. The number of hydrogen-bond acceptors (Lipinski definition) is 3. The minimum atomic E-state index is -0.238. The van der Waals surface area contributed by atoms with Crippen LogP contribution in [0, 0.1) is 0 Å². The fourth-order valence-corrected chi connectivity index (χ4v) is 4.00. The van der Waals surface area contributed by atoms with Gasteiger partial charge in [-0.3, -0.25) is 9.59 Å². The molecule has 1 heterocycles. The lowest BCUT2D eigenvalue weighted by atomic mass is 10.1. The van der Waals surface area contributed by atoms with E-state index in [0.29, 0.717) is 23.6 Å². The second-order valence-corrected chi connectivity index (χ2v) is 8.20. The highest BCUT2D eigenvalue weighted by molar-refractivity contribution is 6.33. The van der Waals surface area contributed by atoms with Crippen LogP contribution in [0.15, 0.2) is 78.9 Å². The molecule has 1 aromatic heterocycles. The van der Waals surface area contributed by atoms with Crippen LogP contribution in [0.25, 0.3) is 11.0 Å². The number of fused-ring (bicyclic) bond motifs is 1. The number of para-hydroxylation sites is 2. The highest BCUT2D eigenvalue weighted by Crippen LogP contribution is 2.18. The number of imidazole rings is 1. The van der Waals surface area contributed by atoms with Crippen LogP contribution in [0.1, 0.15) is 34.7 Å². The second-order valence-electron chi connectivity index (χ2n) is 7.79. The summed E-state index contributed by atoms with van der Waals surface area (Å²) in [4.78, 5) is 30.0.